The van der Waals surface area contributed by atoms with Gasteiger partial charge in [0.2, 0.25) is 0 Å². The highest BCUT2D eigenvalue weighted by Gasteiger charge is 2.16. The molecular weight excluding hydrogens is 232 g/mol. The lowest BCUT2D eigenvalue weighted by Gasteiger charge is -2.00. The standard InChI is InChI=1S/C7H10N6O2S/c1-13-3-7(9-5-13)16(14,15)11-2-6-8-4-10-12-6/h3-5,11H,2H2,1H3,(H,8,10,12). The molecule has 0 unspecified atom stereocenters. The summed E-state index contributed by atoms with van der Waals surface area (Å²) in [6.45, 7) is 0.0545. The summed E-state index contributed by atoms with van der Waals surface area (Å²) < 4.78 is 27.3. The Labute approximate surface area is 91.8 Å². The highest BCUT2D eigenvalue weighted by Crippen LogP contribution is 2.04. The summed E-state index contributed by atoms with van der Waals surface area (Å²) >= 11 is 0. The number of nitrogens with zero attached hydrogens (tertiary/aromatic N) is 4. The number of aromatic amines is 1. The lowest BCUT2D eigenvalue weighted by Crippen LogP contribution is -2.24. The van der Waals surface area contributed by atoms with Crippen molar-refractivity contribution in [1.29, 1.82) is 0 Å². The minimum absolute atomic E-state index is 0.0190. The van der Waals surface area contributed by atoms with Gasteiger partial charge in [-0.2, -0.15) is 5.10 Å². The summed E-state index contributed by atoms with van der Waals surface area (Å²) in [5.74, 6) is 0.444. The van der Waals surface area contributed by atoms with Crippen LogP contribution in [0.3, 0.4) is 0 Å². The number of aromatic nitrogens is 5. The lowest BCUT2D eigenvalue weighted by atomic mass is 10.6. The van der Waals surface area contributed by atoms with Crippen molar-refractivity contribution in [2.75, 3.05) is 0 Å². The van der Waals surface area contributed by atoms with E-state index in [2.05, 4.69) is 24.9 Å². The number of rotatable bonds is 4. The Kier molecular flexibility index (Phi) is 2.71. The third-order valence-electron chi connectivity index (χ3n) is 1.85. The Hall–Kier alpha value is -1.74. The monoisotopic (exact) mass is 242 g/mol. The van der Waals surface area contributed by atoms with Crippen molar-refractivity contribution < 1.29 is 8.42 Å². The second-order valence-corrected chi connectivity index (χ2v) is 4.85. The van der Waals surface area contributed by atoms with Gasteiger partial charge in [-0.15, -0.1) is 0 Å². The van der Waals surface area contributed by atoms with Gasteiger partial charge in [0.05, 0.1) is 12.9 Å². The van der Waals surface area contributed by atoms with Gasteiger partial charge in [0.25, 0.3) is 10.0 Å². The number of sulfonamides is 1. The maximum atomic E-state index is 11.7. The van der Waals surface area contributed by atoms with Crippen LogP contribution in [0.1, 0.15) is 5.82 Å². The Bertz CT molecular complexity index is 557. The summed E-state index contributed by atoms with van der Waals surface area (Å²) in [4.78, 5) is 7.55. The van der Waals surface area contributed by atoms with Gasteiger partial charge in [0.15, 0.2) is 5.03 Å². The predicted molar refractivity (Wildman–Crippen MR) is 53.6 cm³/mol. The molecule has 16 heavy (non-hydrogen) atoms. The van der Waals surface area contributed by atoms with Crippen molar-refractivity contribution in [3.05, 3.63) is 24.7 Å². The molecular formula is C7H10N6O2S. The highest BCUT2D eigenvalue weighted by molar-refractivity contribution is 7.89. The van der Waals surface area contributed by atoms with Crippen molar-refractivity contribution in [3.8, 4) is 0 Å². The number of hydrogen-bond acceptors (Lipinski definition) is 5. The van der Waals surface area contributed by atoms with E-state index in [-0.39, 0.29) is 11.6 Å². The van der Waals surface area contributed by atoms with Crippen LogP contribution in [0.2, 0.25) is 0 Å². The van der Waals surface area contributed by atoms with Crippen molar-refractivity contribution in [3.63, 3.8) is 0 Å². The van der Waals surface area contributed by atoms with E-state index >= 15 is 0 Å². The second kappa shape index (κ2) is 4.02. The average Bonchev–Trinajstić information content (AvgIpc) is 2.85. The van der Waals surface area contributed by atoms with E-state index < -0.39 is 10.0 Å². The highest BCUT2D eigenvalue weighted by atomic mass is 32.2. The molecule has 0 bridgehead atoms. The molecule has 0 aliphatic rings. The number of nitrogens with one attached hydrogen (secondary N) is 2. The third kappa shape index (κ3) is 2.25. The first kappa shape index (κ1) is 10.8. The summed E-state index contributed by atoms with van der Waals surface area (Å²) in [7, 11) is -1.89. The van der Waals surface area contributed by atoms with Crippen LogP contribution in [0.4, 0.5) is 0 Å². The van der Waals surface area contributed by atoms with Crippen molar-refractivity contribution in [2.24, 2.45) is 7.05 Å². The van der Waals surface area contributed by atoms with Crippen LogP contribution in [-0.2, 0) is 23.6 Å². The molecule has 2 aromatic rings. The smallest absolute Gasteiger partial charge is 0.259 e. The van der Waals surface area contributed by atoms with Crippen molar-refractivity contribution in [2.45, 2.75) is 11.6 Å². The van der Waals surface area contributed by atoms with E-state index in [1.807, 2.05) is 0 Å². The molecule has 2 rings (SSSR count). The molecule has 0 spiro atoms. The first-order chi connectivity index (χ1) is 7.58. The molecule has 0 aliphatic carbocycles. The van der Waals surface area contributed by atoms with Gasteiger partial charge in [0.1, 0.15) is 12.2 Å². The normalized spacial score (nSPS) is 11.8. The fraction of sp³-hybridized carbons (Fsp3) is 0.286. The molecule has 0 saturated carbocycles. The molecule has 0 fully saturated rings. The van der Waals surface area contributed by atoms with Gasteiger partial charge >= 0.3 is 0 Å². The van der Waals surface area contributed by atoms with Gasteiger partial charge in [-0.1, -0.05) is 0 Å². The molecule has 9 heteroatoms. The number of hydrogen-bond donors (Lipinski definition) is 2. The second-order valence-electron chi connectivity index (χ2n) is 3.13. The Morgan fingerprint density at radius 3 is 2.88 bits per heavy atom. The lowest BCUT2D eigenvalue weighted by molar-refractivity contribution is 0.576. The summed E-state index contributed by atoms with van der Waals surface area (Å²) in [5.41, 5.74) is 0. The molecule has 8 nitrogen and oxygen atoms in total. The summed E-state index contributed by atoms with van der Waals surface area (Å²) in [6.07, 6.45) is 4.15. The molecule has 0 saturated heterocycles. The Morgan fingerprint density at radius 2 is 2.31 bits per heavy atom. The van der Waals surface area contributed by atoms with Gasteiger partial charge in [-0.3, -0.25) is 5.10 Å². The molecule has 0 atom stereocenters. The fourth-order valence-corrected chi connectivity index (χ4v) is 2.05. The molecule has 0 radical (unpaired) electrons. The van der Waals surface area contributed by atoms with Gasteiger partial charge in [-0.05, 0) is 0 Å². The molecule has 86 valence electrons. The van der Waals surface area contributed by atoms with Gasteiger partial charge in [0, 0.05) is 13.2 Å². The van der Waals surface area contributed by atoms with E-state index in [9.17, 15) is 8.42 Å². The zero-order chi connectivity index (χ0) is 11.6. The topological polar surface area (TPSA) is 106 Å². The van der Waals surface area contributed by atoms with E-state index in [1.54, 1.807) is 11.6 Å². The summed E-state index contributed by atoms with van der Waals surface area (Å²) in [6, 6.07) is 0. The zero-order valence-corrected chi connectivity index (χ0v) is 9.27. The minimum Gasteiger partial charge on any atom is -0.339 e. The van der Waals surface area contributed by atoms with Crippen LogP contribution < -0.4 is 4.72 Å². The quantitative estimate of drug-likeness (QED) is 0.716. The SMILES string of the molecule is Cn1cnc(S(=O)(=O)NCc2ncn[nH]2)c1. The van der Waals surface area contributed by atoms with Crippen LogP contribution >= 0.6 is 0 Å². The van der Waals surface area contributed by atoms with E-state index in [0.717, 1.165) is 0 Å². The zero-order valence-electron chi connectivity index (χ0n) is 8.45. The first-order valence-electron chi connectivity index (χ1n) is 4.40. The van der Waals surface area contributed by atoms with E-state index in [4.69, 9.17) is 0 Å². The van der Waals surface area contributed by atoms with Gasteiger partial charge in [-0.25, -0.2) is 23.1 Å². The van der Waals surface area contributed by atoms with Crippen LogP contribution in [0, 0.1) is 0 Å². The molecule has 2 aromatic heterocycles. The minimum atomic E-state index is -3.59. The number of aryl methyl sites for hydroxylation is 1. The van der Waals surface area contributed by atoms with Crippen LogP contribution in [0.25, 0.3) is 0 Å². The van der Waals surface area contributed by atoms with E-state index in [0.29, 0.717) is 5.82 Å². The van der Waals surface area contributed by atoms with Crippen molar-refractivity contribution >= 4 is 10.0 Å². The summed E-state index contributed by atoms with van der Waals surface area (Å²) in [5, 5.41) is 6.14. The van der Waals surface area contributed by atoms with Crippen molar-refractivity contribution in [1.82, 2.24) is 29.5 Å². The number of H-pyrrole nitrogens is 1. The third-order valence-corrected chi connectivity index (χ3v) is 3.14. The van der Waals surface area contributed by atoms with Crippen LogP contribution in [0.5, 0.6) is 0 Å². The predicted octanol–water partition coefficient (Wildman–Crippen LogP) is -0.983. The molecule has 0 amide bonds. The average molecular weight is 242 g/mol. The Balaban J connectivity index is 2.09. The molecule has 0 aromatic carbocycles. The molecule has 0 aliphatic heterocycles. The van der Waals surface area contributed by atoms with E-state index in [1.165, 1.54) is 18.9 Å². The number of imidazole rings is 1. The molecule has 2 heterocycles. The van der Waals surface area contributed by atoms with Crippen LogP contribution in [0.15, 0.2) is 23.9 Å². The van der Waals surface area contributed by atoms with Crippen LogP contribution in [-0.4, -0.2) is 33.2 Å². The van der Waals surface area contributed by atoms with Gasteiger partial charge < -0.3 is 4.57 Å². The fourth-order valence-electron chi connectivity index (χ4n) is 1.08. The Morgan fingerprint density at radius 1 is 1.50 bits per heavy atom. The maximum absolute atomic E-state index is 11.7. The molecule has 2 N–H and O–H groups in total. The largest absolute Gasteiger partial charge is 0.339 e. The maximum Gasteiger partial charge on any atom is 0.259 e. The first-order valence-corrected chi connectivity index (χ1v) is 5.88.